The van der Waals surface area contributed by atoms with Crippen molar-refractivity contribution in [2.45, 2.75) is 58.3 Å². The Labute approximate surface area is 292 Å². The number of non-ortho nitro benzene ring substituents is 2. The van der Waals surface area contributed by atoms with Crippen LogP contribution in [0.4, 0.5) is 22.7 Å². The number of hydrogen-bond acceptors (Lipinski definition) is 11. The fourth-order valence-corrected chi connectivity index (χ4v) is 8.32. The first-order chi connectivity index (χ1) is 23.9. The third-order valence-electron chi connectivity index (χ3n) is 9.40. The first-order valence-corrected chi connectivity index (χ1v) is 18.5. The zero-order valence-corrected chi connectivity index (χ0v) is 29.8. The summed E-state index contributed by atoms with van der Waals surface area (Å²) in [5.74, 6) is -0.869. The molecular weight excluding hydrogens is 668 g/mol. The second kappa shape index (κ2) is 16.8. The van der Waals surface area contributed by atoms with Crippen LogP contribution >= 0.6 is 0 Å². The fraction of sp³-hybridized carbons (Fsp3) is 0.545. The number of carbonyl (C=O) groups is 2. The highest BCUT2D eigenvalue weighted by Crippen LogP contribution is 2.33. The maximum Gasteiger partial charge on any atom is 0.270 e. The smallest absolute Gasteiger partial charge is 0.270 e. The molecule has 2 heterocycles. The lowest BCUT2D eigenvalue weighted by Gasteiger charge is -2.36. The Kier molecular flexibility index (Phi) is 12.9. The van der Waals surface area contributed by atoms with Crippen molar-refractivity contribution in [3.63, 3.8) is 0 Å². The zero-order valence-electron chi connectivity index (χ0n) is 29.0. The quantitative estimate of drug-likeness (QED) is 0.168. The van der Waals surface area contributed by atoms with Gasteiger partial charge in [0.15, 0.2) is 0 Å². The van der Waals surface area contributed by atoms with E-state index < -0.39 is 31.5 Å². The highest BCUT2D eigenvalue weighted by Gasteiger charge is 2.36. The maximum absolute atomic E-state index is 14.0. The molecular formula is C33H46N8O8S. The van der Waals surface area contributed by atoms with Gasteiger partial charge in [-0.25, -0.2) is 8.42 Å². The van der Waals surface area contributed by atoms with Gasteiger partial charge in [-0.3, -0.25) is 35.2 Å². The number of carbonyl (C=O) groups excluding carboxylic acids is 2. The second-order valence-electron chi connectivity index (χ2n) is 12.3. The number of nitro groups is 2. The highest BCUT2D eigenvalue weighted by molar-refractivity contribution is 7.89. The number of hydrazone groups is 1. The molecule has 2 saturated heterocycles. The largest absolute Gasteiger partial charge is 0.370 e. The Morgan fingerprint density at radius 2 is 1.40 bits per heavy atom. The van der Waals surface area contributed by atoms with Gasteiger partial charge in [0.25, 0.3) is 11.4 Å². The number of nitro benzene ring substituents is 2. The number of hydrogen-bond donors (Lipinski definition) is 1. The Bertz CT molecular complexity index is 1710. The van der Waals surface area contributed by atoms with Crippen molar-refractivity contribution in [2.24, 2.45) is 16.9 Å². The number of anilines is 2. The molecule has 0 radical (unpaired) electrons. The molecule has 0 aromatic heterocycles. The number of sulfonamides is 1. The molecule has 0 spiro atoms. The summed E-state index contributed by atoms with van der Waals surface area (Å²) in [4.78, 5) is 53.4. The Balaban J connectivity index is 1.65. The maximum atomic E-state index is 14.0. The number of piperidine rings is 2. The topological polar surface area (TPSA) is 192 Å². The van der Waals surface area contributed by atoms with E-state index >= 15 is 0 Å². The molecule has 0 unspecified atom stereocenters. The van der Waals surface area contributed by atoms with Crippen molar-refractivity contribution < 1.29 is 27.9 Å². The van der Waals surface area contributed by atoms with Gasteiger partial charge in [0.2, 0.25) is 21.8 Å². The van der Waals surface area contributed by atoms with Crippen LogP contribution in [0.15, 0.2) is 46.4 Å². The van der Waals surface area contributed by atoms with Crippen LogP contribution in [0.3, 0.4) is 0 Å². The van der Waals surface area contributed by atoms with Crippen LogP contribution in [0.25, 0.3) is 0 Å². The van der Waals surface area contributed by atoms with Gasteiger partial charge in [-0.15, -0.1) is 0 Å². The van der Waals surface area contributed by atoms with Crippen LogP contribution in [0.2, 0.25) is 0 Å². The van der Waals surface area contributed by atoms with Crippen LogP contribution in [0.5, 0.6) is 0 Å². The van der Waals surface area contributed by atoms with Gasteiger partial charge in [0.05, 0.1) is 33.6 Å². The third-order valence-corrected chi connectivity index (χ3v) is 11.3. The minimum Gasteiger partial charge on any atom is -0.370 e. The summed E-state index contributed by atoms with van der Waals surface area (Å²) in [7, 11) is -4.33. The molecule has 50 heavy (non-hydrogen) atoms. The Morgan fingerprint density at radius 1 is 0.860 bits per heavy atom. The first-order valence-electron chi connectivity index (χ1n) is 17.0. The summed E-state index contributed by atoms with van der Waals surface area (Å²) in [5, 5.41) is 27.6. The minimum absolute atomic E-state index is 0.0427. The van der Waals surface area contributed by atoms with E-state index in [-0.39, 0.29) is 47.1 Å². The lowest BCUT2D eigenvalue weighted by molar-refractivity contribution is -0.385. The number of nitrogens with one attached hydrogen (secondary N) is 1. The summed E-state index contributed by atoms with van der Waals surface area (Å²) in [6, 6.07) is 7.70. The van der Waals surface area contributed by atoms with Gasteiger partial charge in [-0.2, -0.15) is 9.41 Å². The van der Waals surface area contributed by atoms with Gasteiger partial charge in [-0.05, 0) is 65.5 Å². The van der Waals surface area contributed by atoms with Crippen molar-refractivity contribution in [1.29, 1.82) is 0 Å². The molecule has 16 nitrogen and oxygen atoms in total. The molecule has 2 aromatic rings. The average Bonchev–Trinajstić information content (AvgIpc) is 3.12. The van der Waals surface area contributed by atoms with Gasteiger partial charge in [0.1, 0.15) is 4.90 Å². The van der Waals surface area contributed by atoms with Crippen LogP contribution in [0.1, 0.15) is 58.9 Å². The molecule has 0 bridgehead atoms. The lowest BCUT2D eigenvalue weighted by atomic mass is 9.95. The zero-order chi connectivity index (χ0) is 36.6. The summed E-state index contributed by atoms with van der Waals surface area (Å²) in [6.45, 7) is 10.9. The Morgan fingerprint density at radius 3 is 1.98 bits per heavy atom. The van der Waals surface area contributed by atoms with Crippen molar-refractivity contribution in [1.82, 2.24) is 14.1 Å². The second-order valence-corrected chi connectivity index (χ2v) is 14.2. The Hall–Kier alpha value is -4.64. The van der Waals surface area contributed by atoms with Crippen molar-refractivity contribution in [3.8, 4) is 0 Å². The van der Waals surface area contributed by atoms with Crippen LogP contribution in [0, 0.1) is 32.1 Å². The molecule has 17 heteroatoms. The lowest BCUT2D eigenvalue weighted by Crippen LogP contribution is -2.46. The predicted molar refractivity (Wildman–Crippen MR) is 190 cm³/mol. The fourth-order valence-electron chi connectivity index (χ4n) is 6.63. The predicted octanol–water partition coefficient (Wildman–Crippen LogP) is 4.30. The molecule has 2 fully saturated rings. The average molecular weight is 715 g/mol. The summed E-state index contributed by atoms with van der Waals surface area (Å²) < 4.78 is 29.2. The van der Waals surface area contributed by atoms with E-state index in [1.54, 1.807) is 15.9 Å². The molecule has 0 saturated carbocycles. The van der Waals surface area contributed by atoms with Gasteiger partial charge < -0.3 is 14.7 Å². The summed E-state index contributed by atoms with van der Waals surface area (Å²) in [5.41, 5.74) is 3.02. The monoisotopic (exact) mass is 714 g/mol. The van der Waals surface area contributed by atoms with E-state index in [0.29, 0.717) is 63.4 Å². The van der Waals surface area contributed by atoms with E-state index in [4.69, 9.17) is 0 Å². The molecule has 2 aliphatic heterocycles. The number of rotatable bonds is 14. The summed E-state index contributed by atoms with van der Waals surface area (Å²) in [6.07, 6.45) is 3.77. The van der Waals surface area contributed by atoms with Gasteiger partial charge >= 0.3 is 0 Å². The van der Waals surface area contributed by atoms with Crippen molar-refractivity contribution in [3.05, 3.63) is 62.2 Å². The highest BCUT2D eigenvalue weighted by atomic mass is 32.2. The number of amides is 2. The van der Waals surface area contributed by atoms with Crippen LogP contribution < -0.4 is 10.3 Å². The van der Waals surface area contributed by atoms with E-state index in [9.17, 15) is 38.2 Å². The van der Waals surface area contributed by atoms with E-state index in [1.165, 1.54) is 28.7 Å². The van der Waals surface area contributed by atoms with Crippen molar-refractivity contribution in [2.75, 3.05) is 62.7 Å². The number of benzene rings is 2. The molecule has 4 rings (SSSR count). The molecule has 272 valence electrons. The molecule has 0 aliphatic carbocycles. The van der Waals surface area contributed by atoms with Gasteiger partial charge in [-0.1, -0.05) is 0 Å². The molecule has 2 aromatic carbocycles. The molecule has 2 aliphatic rings. The van der Waals surface area contributed by atoms with E-state index in [0.717, 1.165) is 25.0 Å². The normalized spacial score (nSPS) is 18.5. The molecule has 1 N–H and O–H groups in total. The molecule has 2 atom stereocenters. The van der Waals surface area contributed by atoms with Gasteiger partial charge in [0, 0.05) is 87.9 Å². The van der Waals surface area contributed by atoms with E-state index in [1.807, 2.05) is 32.6 Å². The van der Waals surface area contributed by atoms with Crippen molar-refractivity contribution >= 4 is 50.8 Å². The third kappa shape index (κ3) is 8.56. The van der Waals surface area contributed by atoms with Crippen LogP contribution in [-0.4, -0.2) is 103 Å². The first kappa shape index (κ1) is 38.2. The van der Waals surface area contributed by atoms with E-state index in [2.05, 4.69) is 10.5 Å². The standard InChI is InChI=1S/C33H46N8O8S/c1-5-36(6-2)32(42)24-11-9-17-38(22-24)30-16-14-27(40(44)45)19-26(30)21-34-35-29-15-13-28(41(46)47)20-31(29)50(48,49)39-18-10-12-25(23-39)33(43)37(7-3)8-4/h13-16,19-21,24-25,35H,5-12,17-18,22-23H2,1-4H3/b34-21-/t24-,25+/m1/s1. The van der Waals surface area contributed by atoms with Crippen LogP contribution in [-0.2, 0) is 19.6 Å². The summed E-state index contributed by atoms with van der Waals surface area (Å²) >= 11 is 0. The SMILES string of the molecule is CCN(CC)C(=O)[C@@H]1CCCN(c2ccc([N+](=O)[O-])cc2/C=N\Nc2ccc([N+](=O)[O-])cc2S(=O)(=O)N2CCC[C@H](C(=O)N(CC)CC)C2)C1. The molecule has 2 amide bonds. The minimum atomic E-state index is -4.33. The number of nitrogens with zero attached hydrogens (tertiary/aromatic N) is 7.